The zero-order valence-corrected chi connectivity index (χ0v) is 27.2. The first-order valence-electron chi connectivity index (χ1n) is 16.0. The Balaban J connectivity index is 1.47. The van der Waals surface area contributed by atoms with Crippen molar-refractivity contribution < 1.29 is 9.53 Å². The summed E-state index contributed by atoms with van der Waals surface area (Å²) in [5.74, 6) is 1.78. The number of benzene rings is 2. The number of carbonyl (C=O) groups is 1. The Morgan fingerprint density at radius 3 is 2.15 bits per heavy atom. The van der Waals surface area contributed by atoms with Crippen LogP contribution in [0.1, 0.15) is 133 Å². The molecular formula is C36H54N2O2S. The molecule has 1 N–H and O–H groups in total. The minimum absolute atomic E-state index is 0.0703. The van der Waals surface area contributed by atoms with Gasteiger partial charge in [-0.25, -0.2) is 0 Å². The molecule has 5 heteroatoms. The van der Waals surface area contributed by atoms with Crippen LogP contribution in [0.25, 0.3) is 0 Å². The number of unbranched alkanes of at least 4 members (excludes halogenated alkanes) is 11. The summed E-state index contributed by atoms with van der Waals surface area (Å²) in [4.78, 5) is 15.7. The maximum atomic E-state index is 13.4. The Morgan fingerprint density at radius 1 is 0.902 bits per heavy atom. The third kappa shape index (κ3) is 11.4. The van der Waals surface area contributed by atoms with Gasteiger partial charge in [-0.05, 0) is 54.0 Å². The van der Waals surface area contributed by atoms with Gasteiger partial charge in [-0.3, -0.25) is 4.79 Å². The highest BCUT2D eigenvalue weighted by Crippen LogP contribution is 2.34. The highest BCUT2D eigenvalue weighted by molar-refractivity contribution is 8.02. The highest BCUT2D eigenvalue weighted by atomic mass is 32.2. The molecule has 0 aliphatic carbocycles. The molecule has 0 spiro atoms. The van der Waals surface area contributed by atoms with Gasteiger partial charge in [0.2, 0.25) is 0 Å². The first-order valence-corrected chi connectivity index (χ1v) is 17.0. The van der Waals surface area contributed by atoms with Crippen LogP contribution in [0.4, 0.5) is 5.69 Å². The van der Waals surface area contributed by atoms with E-state index in [1.54, 1.807) is 11.8 Å². The van der Waals surface area contributed by atoms with Gasteiger partial charge in [0.05, 0.1) is 12.5 Å². The second kappa shape index (κ2) is 17.5. The summed E-state index contributed by atoms with van der Waals surface area (Å²) in [6, 6.07) is 14.0. The van der Waals surface area contributed by atoms with Crippen LogP contribution in [0.15, 0.2) is 53.6 Å². The molecule has 0 saturated carbocycles. The number of hydrogen-bond acceptors (Lipinski definition) is 4. The molecular weight excluding hydrogens is 524 g/mol. The van der Waals surface area contributed by atoms with Crippen LogP contribution in [0.5, 0.6) is 5.75 Å². The average Bonchev–Trinajstić information content (AvgIpc) is 3.35. The number of ether oxygens (including phenoxy) is 1. The second-order valence-electron chi connectivity index (χ2n) is 12.6. The summed E-state index contributed by atoms with van der Waals surface area (Å²) < 4.78 is 6.28. The fourth-order valence-corrected chi connectivity index (χ4v) is 6.26. The number of hydrogen-bond donors (Lipinski definition) is 1. The summed E-state index contributed by atoms with van der Waals surface area (Å²) in [6.45, 7) is 12.5. The Bertz CT molecular complexity index is 1100. The molecule has 1 aliphatic rings. The van der Waals surface area contributed by atoms with E-state index in [2.05, 4.69) is 62.4 Å². The monoisotopic (exact) mass is 578 g/mol. The van der Waals surface area contributed by atoms with Crippen LogP contribution in [-0.4, -0.2) is 23.3 Å². The number of rotatable bonds is 18. The number of thioether (sulfide) groups is 1. The smallest absolute Gasteiger partial charge is 0.256 e. The van der Waals surface area contributed by atoms with Gasteiger partial charge in [0, 0.05) is 29.1 Å². The van der Waals surface area contributed by atoms with Crippen LogP contribution in [0, 0.1) is 0 Å². The highest BCUT2D eigenvalue weighted by Gasteiger charge is 2.21. The fraction of sp³-hybridized carbons (Fsp3) is 0.583. The SMILES string of the molecule is CCCCCCCCCCCCCCOc1ccc(NC(=O)c2ccccc2CN2CSC=C2C)cc1C(C)(C)C. The van der Waals surface area contributed by atoms with Gasteiger partial charge in [0.15, 0.2) is 0 Å². The minimum Gasteiger partial charge on any atom is -0.493 e. The van der Waals surface area contributed by atoms with Gasteiger partial charge in [-0.15, -0.1) is 11.8 Å². The van der Waals surface area contributed by atoms with Crippen molar-refractivity contribution in [2.45, 2.75) is 124 Å². The number of allylic oxidation sites excluding steroid dienone is 1. The zero-order valence-electron chi connectivity index (χ0n) is 26.4. The first kappa shape index (κ1) is 33.1. The molecule has 2 aromatic carbocycles. The third-order valence-corrected chi connectivity index (χ3v) is 8.88. The fourth-order valence-electron chi connectivity index (χ4n) is 5.32. The summed E-state index contributed by atoms with van der Waals surface area (Å²) >= 11 is 1.80. The Morgan fingerprint density at radius 2 is 1.54 bits per heavy atom. The van der Waals surface area contributed by atoms with Crippen molar-refractivity contribution in [1.82, 2.24) is 4.90 Å². The standard InChI is InChI=1S/C36H54N2O2S/c1-6-7-8-9-10-11-12-13-14-15-16-19-24-40-34-23-22-31(25-33(34)36(3,4)5)37-35(39)32-21-18-17-20-30(32)26-38-28-41-27-29(38)2/h17-18,20-23,25,27H,6-16,19,24,26,28H2,1-5H3,(H,37,39). The van der Waals surface area contributed by atoms with E-state index in [4.69, 9.17) is 4.74 Å². The molecule has 0 saturated heterocycles. The average molecular weight is 579 g/mol. The molecule has 0 bridgehead atoms. The summed E-state index contributed by atoms with van der Waals surface area (Å²) in [5, 5.41) is 5.34. The van der Waals surface area contributed by atoms with E-state index in [1.165, 1.54) is 76.3 Å². The van der Waals surface area contributed by atoms with E-state index in [0.29, 0.717) is 0 Å². The molecule has 2 aromatic rings. The molecule has 1 amide bonds. The molecule has 0 atom stereocenters. The van der Waals surface area contributed by atoms with E-state index in [0.717, 1.165) is 53.6 Å². The molecule has 4 nitrogen and oxygen atoms in total. The Labute approximate surface area is 254 Å². The summed E-state index contributed by atoms with van der Waals surface area (Å²) in [7, 11) is 0. The van der Waals surface area contributed by atoms with Crippen molar-refractivity contribution in [2.75, 3.05) is 17.8 Å². The van der Waals surface area contributed by atoms with E-state index >= 15 is 0 Å². The maximum Gasteiger partial charge on any atom is 0.256 e. The minimum atomic E-state index is -0.0954. The molecule has 0 unspecified atom stereocenters. The zero-order chi connectivity index (χ0) is 29.5. The van der Waals surface area contributed by atoms with Crippen LogP contribution >= 0.6 is 11.8 Å². The van der Waals surface area contributed by atoms with Crippen molar-refractivity contribution in [1.29, 1.82) is 0 Å². The molecule has 1 aliphatic heterocycles. The van der Waals surface area contributed by atoms with Crippen LogP contribution in [0.3, 0.4) is 0 Å². The van der Waals surface area contributed by atoms with Gasteiger partial charge >= 0.3 is 0 Å². The number of carbonyl (C=O) groups excluding carboxylic acids is 1. The third-order valence-electron chi connectivity index (χ3n) is 7.91. The van der Waals surface area contributed by atoms with Crippen molar-refractivity contribution in [3.8, 4) is 5.75 Å². The topological polar surface area (TPSA) is 41.6 Å². The Kier molecular flexibility index (Phi) is 14.2. The van der Waals surface area contributed by atoms with Crippen molar-refractivity contribution in [3.63, 3.8) is 0 Å². The number of nitrogens with one attached hydrogen (secondary N) is 1. The van der Waals surface area contributed by atoms with E-state index in [9.17, 15) is 4.79 Å². The lowest BCUT2D eigenvalue weighted by molar-refractivity contribution is 0.102. The molecule has 0 aromatic heterocycles. The second-order valence-corrected chi connectivity index (χ2v) is 13.4. The molecule has 41 heavy (non-hydrogen) atoms. The molecule has 226 valence electrons. The van der Waals surface area contributed by atoms with Crippen LogP contribution in [-0.2, 0) is 12.0 Å². The number of nitrogens with zero attached hydrogens (tertiary/aromatic N) is 1. The lowest BCUT2D eigenvalue weighted by Crippen LogP contribution is -2.21. The van der Waals surface area contributed by atoms with Gasteiger partial charge in [0.1, 0.15) is 5.75 Å². The molecule has 0 fully saturated rings. The van der Waals surface area contributed by atoms with E-state index in [-0.39, 0.29) is 11.3 Å². The molecule has 3 rings (SSSR count). The number of anilines is 1. The van der Waals surface area contributed by atoms with E-state index < -0.39 is 0 Å². The van der Waals surface area contributed by atoms with Crippen LogP contribution in [0.2, 0.25) is 0 Å². The van der Waals surface area contributed by atoms with Gasteiger partial charge in [-0.1, -0.05) is 117 Å². The predicted molar refractivity (Wildman–Crippen MR) is 178 cm³/mol. The van der Waals surface area contributed by atoms with Crippen molar-refractivity contribution in [3.05, 3.63) is 70.3 Å². The number of amides is 1. The lowest BCUT2D eigenvalue weighted by Gasteiger charge is -2.24. The molecule has 1 heterocycles. The van der Waals surface area contributed by atoms with Crippen molar-refractivity contribution >= 4 is 23.4 Å². The van der Waals surface area contributed by atoms with Crippen molar-refractivity contribution in [2.24, 2.45) is 0 Å². The summed E-state index contributed by atoms with van der Waals surface area (Å²) in [5.41, 5.74) is 4.85. The predicted octanol–water partition coefficient (Wildman–Crippen LogP) is 10.7. The lowest BCUT2D eigenvalue weighted by atomic mass is 9.86. The summed E-state index contributed by atoms with van der Waals surface area (Å²) in [6.07, 6.45) is 16.1. The Hall–Kier alpha value is -2.40. The molecule has 0 radical (unpaired) electrons. The maximum absolute atomic E-state index is 13.4. The van der Waals surface area contributed by atoms with Gasteiger partial charge in [-0.2, -0.15) is 0 Å². The van der Waals surface area contributed by atoms with Crippen LogP contribution < -0.4 is 10.1 Å². The first-order chi connectivity index (χ1) is 19.8. The normalized spacial score (nSPS) is 13.4. The van der Waals surface area contributed by atoms with Gasteiger partial charge in [0.25, 0.3) is 5.91 Å². The quantitative estimate of drug-likeness (QED) is 0.179. The van der Waals surface area contributed by atoms with Gasteiger partial charge < -0.3 is 15.0 Å². The van der Waals surface area contributed by atoms with E-state index in [1.807, 2.05) is 30.3 Å². The largest absolute Gasteiger partial charge is 0.493 e.